The van der Waals surface area contributed by atoms with Crippen LogP contribution in [0.4, 0.5) is 0 Å². The minimum absolute atomic E-state index is 0.131. The number of hydrogen-bond acceptors (Lipinski definition) is 4. The van der Waals surface area contributed by atoms with Crippen molar-refractivity contribution in [2.45, 2.75) is 58.3 Å². The number of methoxy groups -OCH3 is 1. The Bertz CT molecular complexity index is 748. The molecule has 1 aromatic carbocycles. The second-order valence-corrected chi connectivity index (χ2v) is 6.67. The van der Waals surface area contributed by atoms with Gasteiger partial charge < -0.3 is 9.84 Å². The minimum atomic E-state index is -0.330. The predicted molar refractivity (Wildman–Crippen MR) is 103 cm³/mol. The molecule has 2 rings (SSSR count). The molecule has 1 N–H and O–H groups in total. The summed E-state index contributed by atoms with van der Waals surface area (Å²) >= 11 is 0. The highest BCUT2D eigenvalue weighted by atomic mass is 16.5. The highest BCUT2D eigenvalue weighted by Crippen LogP contribution is 2.32. The topological polar surface area (TPSA) is 68.5 Å². The van der Waals surface area contributed by atoms with E-state index >= 15 is 0 Å². The number of ketones is 1. The molecule has 0 bridgehead atoms. The average molecular weight is 359 g/mol. The molecule has 0 saturated heterocycles. The van der Waals surface area contributed by atoms with Gasteiger partial charge in [-0.3, -0.25) is 9.59 Å². The highest BCUT2D eigenvalue weighted by molar-refractivity contribution is 6.13. The first-order valence-electron chi connectivity index (χ1n) is 9.49. The van der Waals surface area contributed by atoms with Crippen molar-refractivity contribution >= 4 is 22.6 Å². The van der Waals surface area contributed by atoms with Gasteiger partial charge >= 0.3 is 0 Å². The SMILES string of the molecule is CCCCCCCCCC(=O)n1c(O)c(C(=O)COC)c2ccccc21. The maximum absolute atomic E-state index is 12.7. The summed E-state index contributed by atoms with van der Waals surface area (Å²) in [4.78, 5) is 25.0. The van der Waals surface area contributed by atoms with E-state index in [1.165, 1.54) is 37.4 Å². The van der Waals surface area contributed by atoms with Crippen LogP contribution in [0.1, 0.15) is 73.4 Å². The molecule has 26 heavy (non-hydrogen) atoms. The lowest BCUT2D eigenvalue weighted by atomic mass is 10.1. The Balaban J connectivity index is 2.10. The van der Waals surface area contributed by atoms with Gasteiger partial charge in [0.15, 0.2) is 5.78 Å². The number of aromatic hydroxyl groups is 1. The van der Waals surface area contributed by atoms with E-state index in [4.69, 9.17) is 4.74 Å². The van der Waals surface area contributed by atoms with Crippen molar-refractivity contribution in [2.75, 3.05) is 13.7 Å². The summed E-state index contributed by atoms with van der Waals surface area (Å²) in [6.45, 7) is 2.06. The van der Waals surface area contributed by atoms with Crippen LogP contribution in [-0.4, -0.2) is 35.1 Å². The van der Waals surface area contributed by atoms with Gasteiger partial charge in [-0.15, -0.1) is 0 Å². The van der Waals surface area contributed by atoms with Gasteiger partial charge in [0.25, 0.3) is 0 Å². The summed E-state index contributed by atoms with van der Waals surface area (Å²) in [7, 11) is 1.43. The number of carbonyl (C=O) groups excluding carboxylic acids is 2. The smallest absolute Gasteiger partial charge is 0.233 e. The first-order chi connectivity index (χ1) is 12.6. The van der Waals surface area contributed by atoms with Gasteiger partial charge in [-0.25, -0.2) is 4.57 Å². The van der Waals surface area contributed by atoms with Gasteiger partial charge in [0.1, 0.15) is 6.61 Å². The Morgan fingerprint density at radius 2 is 1.69 bits per heavy atom. The van der Waals surface area contributed by atoms with E-state index in [2.05, 4.69) is 6.92 Å². The van der Waals surface area contributed by atoms with E-state index in [1.807, 2.05) is 0 Å². The zero-order valence-electron chi connectivity index (χ0n) is 15.8. The fraction of sp³-hybridized carbons (Fsp3) is 0.524. The third-order valence-electron chi connectivity index (χ3n) is 4.65. The predicted octanol–water partition coefficient (Wildman–Crippen LogP) is 4.96. The van der Waals surface area contributed by atoms with E-state index in [9.17, 15) is 14.7 Å². The third kappa shape index (κ3) is 4.73. The lowest BCUT2D eigenvalue weighted by Gasteiger charge is -2.06. The van der Waals surface area contributed by atoms with Crippen molar-refractivity contribution in [1.29, 1.82) is 0 Å². The summed E-state index contributed by atoms with van der Waals surface area (Å²) in [6.07, 6.45) is 8.22. The Labute approximate surface area is 155 Å². The van der Waals surface area contributed by atoms with Gasteiger partial charge in [-0.05, 0) is 12.5 Å². The molecule has 142 valence electrons. The quantitative estimate of drug-likeness (QED) is 0.455. The largest absolute Gasteiger partial charge is 0.494 e. The van der Waals surface area contributed by atoms with E-state index < -0.39 is 0 Å². The molecule has 2 aromatic rings. The first kappa shape index (κ1) is 20.2. The zero-order valence-corrected chi connectivity index (χ0v) is 15.8. The van der Waals surface area contributed by atoms with E-state index in [0.717, 1.165) is 19.3 Å². The van der Waals surface area contributed by atoms with E-state index in [0.29, 0.717) is 17.3 Å². The Hall–Kier alpha value is -2.14. The average Bonchev–Trinajstić information content (AvgIpc) is 2.93. The van der Waals surface area contributed by atoms with Crippen molar-refractivity contribution in [2.24, 2.45) is 0 Å². The molecule has 0 aliphatic rings. The second kappa shape index (κ2) is 10.1. The molecule has 5 nitrogen and oxygen atoms in total. The molecule has 1 aromatic heterocycles. The summed E-state index contributed by atoms with van der Waals surface area (Å²) in [5, 5.41) is 11.1. The fourth-order valence-electron chi connectivity index (χ4n) is 3.30. The van der Waals surface area contributed by atoms with E-state index in [-0.39, 0.29) is 29.7 Å². The number of fused-ring (bicyclic) bond motifs is 1. The number of benzene rings is 1. The van der Waals surface area contributed by atoms with Crippen LogP contribution in [0.25, 0.3) is 10.9 Å². The molecule has 1 heterocycles. The van der Waals surface area contributed by atoms with Crippen LogP contribution in [0.15, 0.2) is 24.3 Å². The third-order valence-corrected chi connectivity index (χ3v) is 4.65. The van der Waals surface area contributed by atoms with Crippen molar-refractivity contribution in [3.63, 3.8) is 0 Å². The number of carbonyl (C=O) groups is 2. The number of para-hydroxylation sites is 1. The van der Waals surface area contributed by atoms with Crippen LogP contribution < -0.4 is 0 Å². The molecule has 5 heteroatoms. The number of nitrogens with zero attached hydrogens (tertiary/aromatic N) is 1. The van der Waals surface area contributed by atoms with Crippen LogP contribution >= 0.6 is 0 Å². The van der Waals surface area contributed by atoms with Crippen molar-refractivity contribution < 1.29 is 19.4 Å². The molecule has 0 spiro atoms. The van der Waals surface area contributed by atoms with Crippen molar-refractivity contribution in [1.82, 2.24) is 4.57 Å². The molecule has 0 atom stereocenters. The Kier molecular flexibility index (Phi) is 7.85. The summed E-state index contributed by atoms with van der Waals surface area (Å²) in [5.74, 6) is -0.784. The molecule has 0 unspecified atom stereocenters. The van der Waals surface area contributed by atoms with Crippen LogP contribution in [-0.2, 0) is 4.74 Å². The molecular formula is C21H29NO4. The molecule has 0 saturated carbocycles. The maximum Gasteiger partial charge on any atom is 0.233 e. The molecule has 0 aliphatic heterocycles. The fourth-order valence-corrected chi connectivity index (χ4v) is 3.30. The van der Waals surface area contributed by atoms with Crippen molar-refractivity contribution in [3.05, 3.63) is 29.8 Å². The Morgan fingerprint density at radius 3 is 2.38 bits per heavy atom. The van der Waals surface area contributed by atoms with Gasteiger partial charge in [-0.2, -0.15) is 0 Å². The lowest BCUT2D eigenvalue weighted by molar-refractivity contribution is 0.0845. The summed E-state index contributed by atoms with van der Waals surface area (Å²) in [5.41, 5.74) is 0.729. The molecular weight excluding hydrogens is 330 g/mol. The zero-order chi connectivity index (χ0) is 18.9. The Morgan fingerprint density at radius 1 is 1.04 bits per heavy atom. The lowest BCUT2D eigenvalue weighted by Crippen LogP contribution is -2.11. The number of unbranched alkanes of at least 4 members (excludes halogenated alkanes) is 6. The van der Waals surface area contributed by atoms with Crippen LogP contribution in [0.2, 0.25) is 0 Å². The number of ether oxygens (including phenoxy) is 1. The van der Waals surface area contributed by atoms with Gasteiger partial charge in [0.05, 0.1) is 11.1 Å². The number of Topliss-reactive ketones (excluding diaryl/α,β-unsaturated/α-hetero) is 1. The number of hydrogen-bond donors (Lipinski definition) is 1. The van der Waals surface area contributed by atoms with Gasteiger partial charge in [-0.1, -0.05) is 63.6 Å². The van der Waals surface area contributed by atoms with E-state index in [1.54, 1.807) is 24.3 Å². The molecule has 0 fully saturated rings. The monoisotopic (exact) mass is 359 g/mol. The standard InChI is InChI=1S/C21H29NO4/c1-3-4-5-6-7-8-9-14-19(24)22-17-13-11-10-12-16(17)20(21(22)25)18(23)15-26-2/h10-13,25H,3-9,14-15H2,1-2H3. The summed E-state index contributed by atoms with van der Waals surface area (Å²) in [6, 6.07) is 7.08. The van der Waals surface area contributed by atoms with Crippen LogP contribution in [0, 0.1) is 0 Å². The maximum atomic E-state index is 12.7. The molecule has 0 amide bonds. The molecule has 0 aliphatic carbocycles. The van der Waals surface area contributed by atoms with Gasteiger partial charge in [0.2, 0.25) is 11.8 Å². The van der Waals surface area contributed by atoms with Crippen LogP contribution in [0.3, 0.4) is 0 Å². The first-order valence-corrected chi connectivity index (χ1v) is 9.49. The van der Waals surface area contributed by atoms with Crippen LogP contribution in [0.5, 0.6) is 5.88 Å². The summed E-state index contributed by atoms with van der Waals surface area (Å²) < 4.78 is 6.17. The minimum Gasteiger partial charge on any atom is -0.494 e. The van der Waals surface area contributed by atoms with Crippen molar-refractivity contribution in [3.8, 4) is 5.88 Å². The molecule has 0 radical (unpaired) electrons. The normalized spacial score (nSPS) is 11.2. The number of aromatic nitrogens is 1. The van der Waals surface area contributed by atoms with Gasteiger partial charge in [0, 0.05) is 18.9 Å². The number of rotatable bonds is 11. The second-order valence-electron chi connectivity index (χ2n) is 6.67. The highest BCUT2D eigenvalue weighted by Gasteiger charge is 2.24.